The number of benzene rings is 2. The van der Waals surface area contributed by atoms with E-state index in [1.165, 1.54) is 4.68 Å². The number of nitrogen functional groups attached to an aromatic ring is 1. The second-order valence-electron chi connectivity index (χ2n) is 6.19. The van der Waals surface area contributed by atoms with E-state index in [2.05, 4.69) is 15.1 Å². The minimum atomic E-state index is -3.65. The normalized spacial score (nSPS) is 11.6. The second kappa shape index (κ2) is 6.61. The fraction of sp³-hybridized carbons (Fsp3) is 0.105. The van der Waals surface area contributed by atoms with Crippen molar-refractivity contribution in [3.8, 4) is 22.7 Å². The van der Waals surface area contributed by atoms with Crippen molar-refractivity contribution in [1.82, 2.24) is 19.7 Å². The van der Waals surface area contributed by atoms with Crippen molar-refractivity contribution >= 4 is 26.7 Å². The number of nitrogens with zero attached hydrogens (tertiary/aromatic N) is 4. The molecule has 2 aromatic heterocycles. The average molecular weight is 395 g/mol. The monoisotopic (exact) mass is 395 g/mol. The van der Waals surface area contributed by atoms with E-state index in [1.807, 2.05) is 30.3 Å². The van der Waals surface area contributed by atoms with E-state index in [1.54, 1.807) is 31.4 Å². The number of para-hydroxylation sites is 1. The SMILES string of the molecule is COc1cccc(-c2nc(S(C)(=O)=O)nc3nn(-c4ccccc4)c(N)c23)c1. The molecule has 2 aromatic carbocycles. The average Bonchev–Trinajstić information content (AvgIpc) is 3.04. The number of nitrogens with two attached hydrogens (primary N) is 1. The van der Waals surface area contributed by atoms with Crippen molar-refractivity contribution in [1.29, 1.82) is 0 Å². The quantitative estimate of drug-likeness (QED) is 0.528. The highest BCUT2D eigenvalue weighted by Crippen LogP contribution is 2.33. The Kier molecular flexibility index (Phi) is 4.23. The smallest absolute Gasteiger partial charge is 0.249 e. The van der Waals surface area contributed by atoms with Crippen LogP contribution in [-0.4, -0.2) is 41.5 Å². The minimum absolute atomic E-state index is 0.203. The van der Waals surface area contributed by atoms with Gasteiger partial charge in [-0.1, -0.05) is 30.3 Å². The van der Waals surface area contributed by atoms with Gasteiger partial charge in [0.15, 0.2) is 5.65 Å². The lowest BCUT2D eigenvalue weighted by molar-refractivity contribution is 0.415. The molecular formula is C19H17N5O3S. The molecule has 0 saturated heterocycles. The highest BCUT2D eigenvalue weighted by molar-refractivity contribution is 7.90. The standard InChI is InChI=1S/C19H17N5O3S/c1-27-14-10-6-7-12(11-14)16-15-17(20)24(13-8-4-3-5-9-13)23-18(15)22-19(21-16)28(2,25)26/h3-11H,20H2,1-2H3. The summed E-state index contributed by atoms with van der Waals surface area (Å²) in [5, 5.41) is 4.60. The summed E-state index contributed by atoms with van der Waals surface area (Å²) >= 11 is 0. The Morgan fingerprint density at radius 3 is 2.46 bits per heavy atom. The maximum atomic E-state index is 12.1. The summed E-state index contributed by atoms with van der Waals surface area (Å²) < 4.78 is 31.1. The lowest BCUT2D eigenvalue weighted by Crippen LogP contribution is -2.06. The molecule has 0 aliphatic rings. The van der Waals surface area contributed by atoms with Gasteiger partial charge in [0.25, 0.3) is 0 Å². The van der Waals surface area contributed by atoms with Gasteiger partial charge >= 0.3 is 0 Å². The van der Waals surface area contributed by atoms with Crippen LogP contribution in [0.15, 0.2) is 59.8 Å². The molecule has 0 aliphatic carbocycles. The maximum Gasteiger partial charge on any atom is 0.249 e. The van der Waals surface area contributed by atoms with Gasteiger partial charge in [-0.05, 0) is 24.3 Å². The molecule has 4 aromatic rings. The van der Waals surface area contributed by atoms with Crippen LogP contribution >= 0.6 is 0 Å². The summed E-state index contributed by atoms with van der Waals surface area (Å²) in [4.78, 5) is 8.44. The number of hydrogen-bond donors (Lipinski definition) is 1. The van der Waals surface area contributed by atoms with E-state index < -0.39 is 9.84 Å². The first-order valence-electron chi connectivity index (χ1n) is 8.34. The number of hydrogen-bond acceptors (Lipinski definition) is 7. The molecule has 28 heavy (non-hydrogen) atoms. The van der Waals surface area contributed by atoms with Gasteiger partial charge in [-0.15, -0.1) is 5.10 Å². The molecule has 0 saturated carbocycles. The van der Waals surface area contributed by atoms with Crippen molar-refractivity contribution in [2.45, 2.75) is 5.16 Å². The number of ether oxygens (including phenoxy) is 1. The molecule has 142 valence electrons. The van der Waals surface area contributed by atoms with Crippen LogP contribution in [0.5, 0.6) is 5.75 Å². The van der Waals surface area contributed by atoms with Gasteiger partial charge < -0.3 is 10.5 Å². The van der Waals surface area contributed by atoms with Crippen LogP contribution in [0, 0.1) is 0 Å². The zero-order chi connectivity index (χ0) is 19.9. The van der Waals surface area contributed by atoms with Crippen LogP contribution in [0.4, 0.5) is 5.82 Å². The number of fused-ring (bicyclic) bond motifs is 1. The zero-order valence-corrected chi connectivity index (χ0v) is 16.0. The van der Waals surface area contributed by atoms with Gasteiger partial charge in [-0.3, -0.25) is 0 Å². The lowest BCUT2D eigenvalue weighted by Gasteiger charge is -2.07. The molecule has 0 bridgehead atoms. The van der Waals surface area contributed by atoms with Crippen molar-refractivity contribution in [3.05, 3.63) is 54.6 Å². The van der Waals surface area contributed by atoms with Gasteiger partial charge in [0, 0.05) is 11.8 Å². The van der Waals surface area contributed by atoms with E-state index in [4.69, 9.17) is 10.5 Å². The first kappa shape index (κ1) is 17.9. The first-order valence-corrected chi connectivity index (χ1v) is 10.2. The number of anilines is 1. The fourth-order valence-corrected chi connectivity index (χ4v) is 3.41. The van der Waals surface area contributed by atoms with Gasteiger partial charge in [0.2, 0.25) is 15.0 Å². The third-order valence-electron chi connectivity index (χ3n) is 4.22. The highest BCUT2D eigenvalue weighted by Gasteiger charge is 2.22. The van der Waals surface area contributed by atoms with Crippen LogP contribution < -0.4 is 10.5 Å². The van der Waals surface area contributed by atoms with Crippen LogP contribution in [-0.2, 0) is 9.84 Å². The van der Waals surface area contributed by atoms with E-state index in [9.17, 15) is 8.42 Å². The summed E-state index contributed by atoms with van der Waals surface area (Å²) in [5.41, 5.74) is 8.34. The molecule has 0 aliphatic heterocycles. The zero-order valence-electron chi connectivity index (χ0n) is 15.2. The van der Waals surface area contributed by atoms with Gasteiger partial charge in [0.05, 0.1) is 23.9 Å². The second-order valence-corrected chi connectivity index (χ2v) is 8.10. The third kappa shape index (κ3) is 3.05. The number of aromatic nitrogens is 4. The van der Waals surface area contributed by atoms with E-state index in [0.29, 0.717) is 28.2 Å². The van der Waals surface area contributed by atoms with E-state index in [0.717, 1.165) is 11.9 Å². The number of rotatable bonds is 4. The minimum Gasteiger partial charge on any atom is -0.497 e. The molecule has 0 spiro atoms. The molecule has 2 heterocycles. The Morgan fingerprint density at radius 2 is 1.79 bits per heavy atom. The van der Waals surface area contributed by atoms with Gasteiger partial charge in [-0.25, -0.2) is 18.1 Å². The Balaban J connectivity index is 2.08. The van der Waals surface area contributed by atoms with Gasteiger partial charge in [-0.2, -0.15) is 4.98 Å². The van der Waals surface area contributed by atoms with Crippen LogP contribution in [0.1, 0.15) is 0 Å². The number of methoxy groups -OCH3 is 1. The highest BCUT2D eigenvalue weighted by atomic mass is 32.2. The molecule has 4 rings (SSSR count). The molecule has 0 fully saturated rings. The molecule has 2 N–H and O–H groups in total. The third-order valence-corrected chi connectivity index (χ3v) is 5.07. The van der Waals surface area contributed by atoms with Crippen molar-refractivity contribution in [3.63, 3.8) is 0 Å². The van der Waals surface area contributed by atoms with Crippen LogP contribution in [0.2, 0.25) is 0 Å². The Hall–Kier alpha value is -3.46. The predicted molar refractivity (Wildman–Crippen MR) is 106 cm³/mol. The molecule has 9 heteroatoms. The van der Waals surface area contributed by atoms with Crippen LogP contribution in [0.3, 0.4) is 0 Å². The van der Waals surface area contributed by atoms with Crippen LogP contribution in [0.25, 0.3) is 28.0 Å². The molecular weight excluding hydrogens is 378 g/mol. The maximum absolute atomic E-state index is 12.1. The van der Waals surface area contributed by atoms with Crippen molar-refractivity contribution in [2.24, 2.45) is 0 Å². The van der Waals surface area contributed by atoms with Gasteiger partial charge in [0.1, 0.15) is 11.6 Å². The van der Waals surface area contributed by atoms with Crippen molar-refractivity contribution < 1.29 is 13.2 Å². The largest absolute Gasteiger partial charge is 0.497 e. The molecule has 0 amide bonds. The lowest BCUT2D eigenvalue weighted by atomic mass is 10.1. The summed E-state index contributed by atoms with van der Waals surface area (Å²) in [7, 11) is -2.10. The fourth-order valence-electron chi connectivity index (χ4n) is 2.90. The number of sulfone groups is 1. The summed E-state index contributed by atoms with van der Waals surface area (Å²) in [6, 6.07) is 16.4. The molecule has 0 unspecified atom stereocenters. The van der Waals surface area contributed by atoms with E-state index >= 15 is 0 Å². The first-order chi connectivity index (χ1) is 13.4. The molecule has 0 atom stereocenters. The topological polar surface area (TPSA) is 113 Å². The van der Waals surface area contributed by atoms with E-state index in [-0.39, 0.29) is 10.8 Å². The predicted octanol–water partition coefficient (Wildman–Crippen LogP) is 2.48. The Labute approximate surface area is 161 Å². The van der Waals surface area contributed by atoms with Crippen molar-refractivity contribution in [2.75, 3.05) is 19.1 Å². The molecule has 0 radical (unpaired) electrons. The summed E-state index contributed by atoms with van der Waals surface area (Å²) in [6.45, 7) is 0. The summed E-state index contributed by atoms with van der Waals surface area (Å²) in [5.74, 6) is 0.929. The Morgan fingerprint density at radius 1 is 1.04 bits per heavy atom. The summed E-state index contributed by atoms with van der Waals surface area (Å²) in [6.07, 6.45) is 1.06. The molecule has 8 nitrogen and oxygen atoms in total. The Bertz CT molecular complexity index is 1280.